The van der Waals surface area contributed by atoms with Crippen LogP contribution in [0.4, 0.5) is 23.2 Å². The standard InChI is InChI=1S/C27H17BrF4N6O3/c28-15-8-6-13(7-9-15)18-11-19(14-4-2-1-3-5-14)38(34-18)20(39)12-36-25-23(33-35-36)26(40)37(27(25)41)24-21(31)16(29)10-17(30)22(24)32/h1-10,19,23,25H,11-12H2/t19-,23+,25-/m1/s1. The van der Waals surface area contributed by atoms with Gasteiger partial charge in [0, 0.05) is 17.0 Å². The van der Waals surface area contributed by atoms with Crippen molar-refractivity contribution in [3.63, 3.8) is 0 Å². The van der Waals surface area contributed by atoms with E-state index in [1.54, 1.807) is 0 Å². The fourth-order valence-corrected chi connectivity index (χ4v) is 5.30. The normalized spacial score (nSPS) is 21.6. The number of halogens is 5. The molecule has 9 nitrogen and oxygen atoms in total. The van der Waals surface area contributed by atoms with E-state index in [1.165, 1.54) is 5.01 Å². The lowest BCUT2D eigenvalue weighted by molar-refractivity contribution is -0.135. The van der Waals surface area contributed by atoms with E-state index in [9.17, 15) is 31.9 Å². The van der Waals surface area contributed by atoms with Crippen molar-refractivity contribution >= 4 is 45.1 Å². The van der Waals surface area contributed by atoms with Gasteiger partial charge in [-0.2, -0.15) is 10.2 Å². The third-order valence-electron chi connectivity index (χ3n) is 7.00. The van der Waals surface area contributed by atoms with Crippen LogP contribution in [0.15, 0.2) is 80.6 Å². The van der Waals surface area contributed by atoms with Crippen LogP contribution in [0.3, 0.4) is 0 Å². The van der Waals surface area contributed by atoms with E-state index in [4.69, 9.17) is 0 Å². The first-order valence-corrected chi connectivity index (χ1v) is 13.0. The van der Waals surface area contributed by atoms with Gasteiger partial charge >= 0.3 is 0 Å². The maximum absolute atomic E-state index is 14.5. The van der Waals surface area contributed by atoms with Crippen molar-refractivity contribution in [3.8, 4) is 0 Å². The summed E-state index contributed by atoms with van der Waals surface area (Å²) in [6, 6.07) is 12.9. The van der Waals surface area contributed by atoms with Gasteiger partial charge in [0.25, 0.3) is 17.7 Å². The summed E-state index contributed by atoms with van der Waals surface area (Å²) in [6.45, 7) is -0.569. The van der Waals surface area contributed by atoms with Gasteiger partial charge in [0.2, 0.25) is 0 Å². The van der Waals surface area contributed by atoms with Crippen LogP contribution in [-0.2, 0) is 14.4 Å². The molecule has 3 heterocycles. The van der Waals surface area contributed by atoms with Gasteiger partial charge in [0.1, 0.15) is 12.2 Å². The lowest BCUT2D eigenvalue weighted by atomic mass is 9.98. The molecule has 208 valence electrons. The van der Waals surface area contributed by atoms with E-state index >= 15 is 0 Å². The number of benzene rings is 3. The average Bonchev–Trinajstić information content (AvgIpc) is 3.65. The van der Waals surface area contributed by atoms with Crippen LogP contribution >= 0.6 is 15.9 Å². The van der Waals surface area contributed by atoms with E-state index in [0.717, 1.165) is 20.6 Å². The Morgan fingerprint density at radius 1 is 0.927 bits per heavy atom. The Morgan fingerprint density at radius 3 is 2.24 bits per heavy atom. The SMILES string of the molecule is O=C1[C@H]2N=NN(CC(=O)N3N=C(c4ccc(Br)cc4)C[C@@H]3c3ccccc3)[C@H]2C(=O)N1c1c(F)c(F)cc(F)c1F. The van der Waals surface area contributed by atoms with Crippen LogP contribution in [0.25, 0.3) is 0 Å². The quantitative estimate of drug-likeness (QED) is 0.233. The number of anilines is 1. The monoisotopic (exact) mass is 628 g/mol. The lowest BCUT2D eigenvalue weighted by Gasteiger charge is -2.25. The molecule has 3 aromatic carbocycles. The summed E-state index contributed by atoms with van der Waals surface area (Å²) in [5, 5.41) is 14.2. The van der Waals surface area contributed by atoms with E-state index < -0.39 is 71.3 Å². The smallest absolute Gasteiger partial charge is 0.264 e. The topological polar surface area (TPSA) is 98.0 Å². The summed E-state index contributed by atoms with van der Waals surface area (Å²) in [7, 11) is 0. The second-order valence-electron chi connectivity index (χ2n) is 9.44. The molecule has 1 saturated heterocycles. The molecule has 41 heavy (non-hydrogen) atoms. The minimum Gasteiger partial charge on any atom is -0.271 e. The predicted molar refractivity (Wildman–Crippen MR) is 139 cm³/mol. The van der Waals surface area contributed by atoms with Crippen molar-refractivity contribution in [2.24, 2.45) is 15.4 Å². The van der Waals surface area contributed by atoms with Crippen molar-refractivity contribution in [1.29, 1.82) is 0 Å². The number of fused-ring (bicyclic) bond motifs is 1. The predicted octanol–water partition coefficient (Wildman–Crippen LogP) is 4.68. The van der Waals surface area contributed by atoms with Gasteiger partial charge < -0.3 is 0 Å². The Hall–Kier alpha value is -4.46. The van der Waals surface area contributed by atoms with Gasteiger partial charge in [0.15, 0.2) is 35.4 Å². The summed E-state index contributed by atoms with van der Waals surface area (Å²) in [6.07, 6.45) is 0.389. The largest absolute Gasteiger partial charge is 0.271 e. The first-order valence-electron chi connectivity index (χ1n) is 12.2. The second-order valence-corrected chi connectivity index (χ2v) is 10.4. The highest BCUT2D eigenvalue weighted by Gasteiger charge is 2.57. The minimum absolute atomic E-state index is 0.00817. The van der Waals surface area contributed by atoms with Crippen LogP contribution in [0.2, 0.25) is 0 Å². The van der Waals surface area contributed by atoms with Crippen LogP contribution in [0.1, 0.15) is 23.6 Å². The maximum Gasteiger partial charge on any atom is 0.264 e. The van der Waals surface area contributed by atoms with Gasteiger partial charge in [-0.15, -0.1) is 0 Å². The Balaban J connectivity index is 1.28. The van der Waals surface area contributed by atoms with Crippen LogP contribution in [0, 0.1) is 23.3 Å². The van der Waals surface area contributed by atoms with Crippen molar-refractivity contribution in [3.05, 3.63) is 99.5 Å². The molecule has 3 aliphatic heterocycles. The highest BCUT2D eigenvalue weighted by Crippen LogP contribution is 2.37. The van der Waals surface area contributed by atoms with E-state index in [-0.39, 0.29) is 11.0 Å². The molecule has 3 amide bonds. The van der Waals surface area contributed by atoms with E-state index in [0.29, 0.717) is 12.1 Å². The molecule has 0 bridgehead atoms. The number of imide groups is 1. The molecule has 14 heteroatoms. The Bertz CT molecular complexity index is 1630. The van der Waals surface area contributed by atoms with Crippen molar-refractivity contribution in [2.75, 3.05) is 11.4 Å². The molecule has 3 atom stereocenters. The molecule has 1 fully saturated rings. The molecule has 0 aromatic heterocycles. The van der Waals surface area contributed by atoms with Gasteiger partial charge in [-0.1, -0.05) is 63.6 Å². The summed E-state index contributed by atoms with van der Waals surface area (Å²) >= 11 is 3.39. The van der Waals surface area contributed by atoms with Crippen molar-refractivity contribution in [1.82, 2.24) is 10.0 Å². The minimum atomic E-state index is -1.91. The third kappa shape index (κ3) is 4.47. The Kier molecular flexibility index (Phi) is 6.64. The number of amides is 3. The first kappa shape index (κ1) is 26.7. The number of nitrogens with zero attached hydrogens (tertiary/aromatic N) is 6. The zero-order valence-electron chi connectivity index (χ0n) is 20.7. The molecule has 3 aliphatic rings. The van der Waals surface area contributed by atoms with E-state index in [2.05, 4.69) is 31.4 Å². The van der Waals surface area contributed by atoms with Gasteiger partial charge in [-0.3, -0.25) is 19.4 Å². The van der Waals surface area contributed by atoms with Gasteiger partial charge in [0.05, 0.1) is 11.8 Å². The summed E-state index contributed by atoms with van der Waals surface area (Å²) < 4.78 is 57.5. The Labute approximate surface area is 237 Å². The van der Waals surface area contributed by atoms with Crippen molar-refractivity contribution in [2.45, 2.75) is 24.5 Å². The molecule has 0 aliphatic carbocycles. The second kappa shape index (κ2) is 10.2. The molecule has 0 N–H and O–H groups in total. The molecule has 0 saturated carbocycles. The summed E-state index contributed by atoms with van der Waals surface area (Å²) in [5.41, 5.74) is 0.748. The maximum atomic E-state index is 14.5. The molecule has 0 spiro atoms. The summed E-state index contributed by atoms with van der Waals surface area (Å²) in [4.78, 5) is 39.7. The fourth-order valence-electron chi connectivity index (χ4n) is 5.03. The number of hydrazone groups is 1. The molecular weight excluding hydrogens is 612 g/mol. The zero-order chi connectivity index (χ0) is 29.0. The molecule has 6 rings (SSSR count). The average molecular weight is 629 g/mol. The van der Waals surface area contributed by atoms with Crippen LogP contribution < -0.4 is 4.90 Å². The molecule has 0 unspecified atom stereocenters. The van der Waals surface area contributed by atoms with Crippen LogP contribution in [-0.4, -0.2) is 52.1 Å². The van der Waals surface area contributed by atoms with Crippen molar-refractivity contribution < 1.29 is 31.9 Å². The highest BCUT2D eigenvalue weighted by atomic mass is 79.9. The lowest BCUT2D eigenvalue weighted by Crippen LogP contribution is -2.45. The number of carbonyl (C=O) groups is 3. The van der Waals surface area contributed by atoms with E-state index in [1.807, 2.05) is 54.6 Å². The Morgan fingerprint density at radius 2 is 1.59 bits per heavy atom. The zero-order valence-corrected chi connectivity index (χ0v) is 22.3. The molecule has 0 radical (unpaired) electrons. The molecular formula is C27H17BrF4N6O3. The number of hydrogen-bond donors (Lipinski definition) is 0. The fraction of sp³-hybridized carbons (Fsp3) is 0.185. The third-order valence-corrected chi connectivity index (χ3v) is 7.52. The highest BCUT2D eigenvalue weighted by molar-refractivity contribution is 9.10. The van der Waals surface area contributed by atoms with Gasteiger partial charge in [-0.25, -0.2) is 27.5 Å². The number of rotatable bonds is 5. The number of carbonyl (C=O) groups excluding carboxylic acids is 3. The molecule has 3 aromatic rings. The first-order chi connectivity index (χ1) is 19.7. The van der Waals surface area contributed by atoms with Gasteiger partial charge in [-0.05, 0) is 23.3 Å². The summed E-state index contributed by atoms with van der Waals surface area (Å²) in [5.74, 6) is -10.5. The number of hydrogen-bond acceptors (Lipinski definition) is 7. The van der Waals surface area contributed by atoms with Crippen LogP contribution in [0.5, 0.6) is 0 Å².